The van der Waals surface area contributed by atoms with E-state index in [0.717, 1.165) is 51.4 Å². The summed E-state index contributed by atoms with van der Waals surface area (Å²) >= 11 is 0. The van der Waals surface area contributed by atoms with Gasteiger partial charge in [-0.3, -0.25) is 9.59 Å². The molecule has 0 radical (unpaired) electrons. The minimum absolute atomic E-state index is 0.211. The van der Waals surface area contributed by atoms with Crippen molar-refractivity contribution >= 4 is 11.9 Å². The van der Waals surface area contributed by atoms with E-state index in [1.54, 1.807) is 0 Å². The Labute approximate surface area is 347 Å². The van der Waals surface area contributed by atoms with E-state index in [2.05, 4.69) is 38.2 Å². The molecule has 0 spiro atoms. The summed E-state index contributed by atoms with van der Waals surface area (Å²) in [5.74, 6) is -0.822. The fraction of sp³-hybridized carbons (Fsp3) is 0.872. The molecule has 1 fully saturated rings. The van der Waals surface area contributed by atoms with Gasteiger partial charge in [0.2, 0.25) is 0 Å². The van der Waals surface area contributed by atoms with Crippen LogP contribution in [-0.2, 0) is 28.5 Å². The maximum atomic E-state index is 12.7. The quantitative estimate of drug-likeness (QED) is 0.0268. The molecule has 10 nitrogen and oxygen atoms in total. The lowest BCUT2D eigenvalue weighted by Crippen LogP contribution is -2.59. The molecule has 57 heavy (non-hydrogen) atoms. The Hall–Kier alpha value is -1.82. The largest absolute Gasteiger partial charge is 0.462 e. The maximum absolute atomic E-state index is 12.7. The van der Waals surface area contributed by atoms with Crippen LogP contribution in [0.25, 0.3) is 0 Å². The third kappa shape index (κ3) is 30.0. The highest BCUT2D eigenvalue weighted by molar-refractivity contribution is 5.70. The second kappa shape index (κ2) is 38.4. The van der Waals surface area contributed by atoms with Gasteiger partial charge in [0.05, 0.1) is 13.2 Å². The molecule has 334 valence electrons. The van der Waals surface area contributed by atoms with Crippen molar-refractivity contribution in [1.29, 1.82) is 0 Å². The van der Waals surface area contributed by atoms with Crippen molar-refractivity contribution in [3.63, 3.8) is 0 Å². The van der Waals surface area contributed by atoms with Gasteiger partial charge in [0.15, 0.2) is 12.4 Å². The van der Waals surface area contributed by atoms with Crippen molar-refractivity contribution in [2.45, 2.75) is 243 Å². The average molecular weight is 811 g/mol. The van der Waals surface area contributed by atoms with Gasteiger partial charge in [0.1, 0.15) is 31.0 Å². The average Bonchev–Trinajstić information content (AvgIpc) is 3.21. The molecule has 1 rings (SSSR count). The molecule has 0 saturated carbocycles. The fourth-order valence-corrected chi connectivity index (χ4v) is 7.06. The molecular formula is C47H86O10. The molecule has 10 heteroatoms. The fourth-order valence-electron chi connectivity index (χ4n) is 7.06. The summed E-state index contributed by atoms with van der Waals surface area (Å²) < 4.78 is 22.2. The van der Waals surface area contributed by atoms with Crippen molar-refractivity contribution in [2.24, 2.45) is 0 Å². The van der Waals surface area contributed by atoms with E-state index in [-0.39, 0.29) is 32.0 Å². The van der Waals surface area contributed by atoms with Crippen LogP contribution in [0.15, 0.2) is 24.3 Å². The smallest absolute Gasteiger partial charge is 0.306 e. The molecule has 1 heterocycles. The first-order valence-corrected chi connectivity index (χ1v) is 23.4. The van der Waals surface area contributed by atoms with Crippen LogP contribution < -0.4 is 0 Å². The Morgan fingerprint density at radius 2 is 0.930 bits per heavy atom. The second-order valence-corrected chi connectivity index (χ2v) is 16.2. The summed E-state index contributed by atoms with van der Waals surface area (Å²) in [5, 5.41) is 40.1. The molecule has 6 atom stereocenters. The van der Waals surface area contributed by atoms with E-state index in [4.69, 9.17) is 18.9 Å². The summed E-state index contributed by atoms with van der Waals surface area (Å²) in [4.78, 5) is 25.3. The summed E-state index contributed by atoms with van der Waals surface area (Å²) in [7, 11) is 0. The topological polar surface area (TPSA) is 152 Å². The predicted molar refractivity (Wildman–Crippen MR) is 229 cm³/mol. The first kappa shape index (κ1) is 53.2. The summed E-state index contributed by atoms with van der Waals surface area (Å²) in [5.41, 5.74) is 0. The van der Waals surface area contributed by atoms with Crippen LogP contribution in [-0.4, -0.2) is 89.0 Å². The first-order valence-electron chi connectivity index (χ1n) is 23.4. The normalized spacial score (nSPS) is 20.4. The zero-order chi connectivity index (χ0) is 41.6. The maximum Gasteiger partial charge on any atom is 0.306 e. The monoisotopic (exact) mass is 811 g/mol. The Balaban J connectivity index is 2.29. The van der Waals surface area contributed by atoms with Gasteiger partial charge in [-0.15, -0.1) is 0 Å². The number of rotatable bonds is 39. The SMILES string of the molecule is CCCCCCCC/C=C/CCCCCCCCCCCC(=O)OC[C@@H](CO[C@H]1O[C@@H](CO)[C@@H](O)C(O)C1O)OC(=O)CCCCC/C=C/CCCCCCCC. The van der Waals surface area contributed by atoms with Crippen molar-refractivity contribution in [3.05, 3.63) is 24.3 Å². The van der Waals surface area contributed by atoms with Gasteiger partial charge in [0.25, 0.3) is 0 Å². The summed E-state index contributed by atoms with van der Waals surface area (Å²) in [6, 6.07) is 0. The van der Waals surface area contributed by atoms with Crippen molar-refractivity contribution in [2.75, 3.05) is 19.8 Å². The van der Waals surface area contributed by atoms with Crippen LogP contribution in [0.2, 0.25) is 0 Å². The number of carbonyl (C=O) groups excluding carboxylic acids is 2. The Morgan fingerprint density at radius 1 is 0.526 bits per heavy atom. The third-order valence-corrected chi connectivity index (χ3v) is 10.8. The zero-order valence-electron chi connectivity index (χ0n) is 36.3. The molecular weight excluding hydrogens is 725 g/mol. The van der Waals surface area contributed by atoms with E-state index in [1.165, 1.54) is 122 Å². The summed E-state index contributed by atoms with van der Waals surface area (Å²) in [6.07, 6.45) is 34.7. The van der Waals surface area contributed by atoms with Gasteiger partial charge in [-0.2, -0.15) is 0 Å². The van der Waals surface area contributed by atoms with Crippen LogP contribution in [0.3, 0.4) is 0 Å². The molecule has 0 amide bonds. The zero-order valence-corrected chi connectivity index (χ0v) is 36.3. The minimum Gasteiger partial charge on any atom is -0.462 e. The lowest BCUT2D eigenvalue weighted by molar-refractivity contribution is -0.305. The van der Waals surface area contributed by atoms with Gasteiger partial charge < -0.3 is 39.4 Å². The molecule has 0 aromatic heterocycles. The molecule has 1 aliphatic heterocycles. The highest BCUT2D eigenvalue weighted by atomic mass is 16.7. The van der Waals surface area contributed by atoms with Crippen LogP contribution in [0.5, 0.6) is 0 Å². The highest BCUT2D eigenvalue weighted by Gasteiger charge is 2.44. The Bertz CT molecular complexity index is 985. The van der Waals surface area contributed by atoms with E-state index in [1.807, 2.05) is 0 Å². The minimum atomic E-state index is -1.60. The van der Waals surface area contributed by atoms with Crippen molar-refractivity contribution in [3.8, 4) is 0 Å². The number of esters is 2. The molecule has 1 saturated heterocycles. The number of carbonyl (C=O) groups is 2. The molecule has 2 unspecified atom stereocenters. The van der Waals surface area contributed by atoms with Gasteiger partial charge >= 0.3 is 11.9 Å². The summed E-state index contributed by atoms with van der Waals surface area (Å²) in [6.45, 7) is 3.40. The number of hydrogen-bond donors (Lipinski definition) is 4. The Morgan fingerprint density at radius 3 is 1.39 bits per heavy atom. The number of aliphatic hydroxyl groups excluding tert-OH is 4. The van der Waals surface area contributed by atoms with E-state index >= 15 is 0 Å². The molecule has 0 bridgehead atoms. The van der Waals surface area contributed by atoms with Gasteiger partial charge in [0, 0.05) is 12.8 Å². The van der Waals surface area contributed by atoms with E-state index < -0.39 is 49.4 Å². The molecule has 0 aromatic carbocycles. The Kier molecular flexibility index (Phi) is 35.8. The molecule has 0 aromatic rings. The van der Waals surface area contributed by atoms with Crippen molar-refractivity contribution in [1.82, 2.24) is 0 Å². The predicted octanol–water partition coefficient (Wildman–Crippen LogP) is 10.1. The van der Waals surface area contributed by atoms with Gasteiger partial charge in [-0.05, 0) is 64.2 Å². The first-order chi connectivity index (χ1) is 27.8. The van der Waals surface area contributed by atoms with Crippen LogP contribution in [0, 0.1) is 0 Å². The van der Waals surface area contributed by atoms with E-state index in [9.17, 15) is 30.0 Å². The molecule has 1 aliphatic rings. The second-order valence-electron chi connectivity index (χ2n) is 16.2. The van der Waals surface area contributed by atoms with E-state index in [0.29, 0.717) is 6.42 Å². The van der Waals surface area contributed by atoms with Crippen molar-refractivity contribution < 1.29 is 49.0 Å². The third-order valence-electron chi connectivity index (χ3n) is 10.8. The number of aliphatic hydroxyl groups is 4. The van der Waals surface area contributed by atoms with Crippen LogP contribution in [0.1, 0.15) is 206 Å². The standard InChI is InChI=1S/C47H86O10/c1-3-5-7-9-11-13-15-17-18-19-20-21-22-24-25-27-29-31-33-35-42(49)54-38-40(39-55-47-46(53)45(52)44(51)41(37-48)57-47)56-43(50)36-34-32-30-28-26-23-16-14-12-10-8-6-4-2/h17-18,23,26,40-41,44-48,51-53H,3-16,19-22,24-25,27-39H2,1-2H3/b18-17+,26-23+/t40-,41-,44+,45?,46?,47-/m0/s1. The lowest BCUT2D eigenvalue weighted by Gasteiger charge is -2.39. The van der Waals surface area contributed by atoms with Crippen LogP contribution in [0.4, 0.5) is 0 Å². The van der Waals surface area contributed by atoms with Gasteiger partial charge in [-0.1, -0.05) is 154 Å². The molecule has 4 N–H and O–H groups in total. The van der Waals surface area contributed by atoms with Crippen LogP contribution >= 0.6 is 0 Å². The number of ether oxygens (including phenoxy) is 4. The number of allylic oxidation sites excluding steroid dienone is 4. The molecule has 0 aliphatic carbocycles. The number of unbranched alkanes of at least 4 members (excludes halogenated alkanes) is 24. The lowest BCUT2D eigenvalue weighted by atomic mass is 9.99. The highest BCUT2D eigenvalue weighted by Crippen LogP contribution is 2.23. The van der Waals surface area contributed by atoms with Gasteiger partial charge in [-0.25, -0.2) is 0 Å². The number of hydrogen-bond acceptors (Lipinski definition) is 10.